The first-order valence-corrected chi connectivity index (χ1v) is 5.54. The molecule has 18 heavy (non-hydrogen) atoms. The van der Waals surface area contributed by atoms with Crippen molar-refractivity contribution < 1.29 is 19.1 Å². The molecule has 5 nitrogen and oxygen atoms in total. The van der Waals surface area contributed by atoms with E-state index in [2.05, 4.69) is 5.32 Å². The lowest BCUT2D eigenvalue weighted by Gasteiger charge is -2.13. The molecular weight excluding hydrogens is 239 g/mol. The third-order valence-corrected chi connectivity index (χ3v) is 2.44. The van der Waals surface area contributed by atoms with Crippen LogP contribution in [0, 0.1) is 5.82 Å². The minimum Gasteiger partial charge on any atom is -0.480 e. The van der Waals surface area contributed by atoms with E-state index in [1.165, 1.54) is 12.1 Å². The number of hydrogen-bond acceptors (Lipinski definition) is 3. The zero-order valence-corrected chi connectivity index (χ0v) is 9.94. The highest BCUT2D eigenvalue weighted by Crippen LogP contribution is 2.12. The predicted molar refractivity (Wildman–Crippen MR) is 64.6 cm³/mol. The highest BCUT2D eigenvalue weighted by Gasteiger charge is 2.19. The second-order valence-electron chi connectivity index (χ2n) is 3.89. The first-order chi connectivity index (χ1) is 8.45. The molecule has 0 saturated heterocycles. The van der Waals surface area contributed by atoms with Gasteiger partial charge in [-0.05, 0) is 24.6 Å². The van der Waals surface area contributed by atoms with Crippen molar-refractivity contribution >= 4 is 17.6 Å². The summed E-state index contributed by atoms with van der Waals surface area (Å²) < 4.78 is 12.9. The fourth-order valence-corrected chi connectivity index (χ4v) is 1.47. The molecule has 4 N–H and O–H groups in total. The van der Waals surface area contributed by atoms with Crippen LogP contribution in [0.5, 0.6) is 0 Å². The monoisotopic (exact) mass is 254 g/mol. The zero-order chi connectivity index (χ0) is 13.7. The number of aliphatic carboxylic acids is 1. The fourth-order valence-electron chi connectivity index (χ4n) is 1.47. The van der Waals surface area contributed by atoms with Crippen LogP contribution in [0.25, 0.3) is 0 Å². The minimum absolute atomic E-state index is 0.135. The van der Waals surface area contributed by atoms with Gasteiger partial charge in [-0.15, -0.1) is 0 Å². The zero-order valence-electron chi connectivity index (χ0n) is 9.94. The van der Waals surface area contributed by atoms with Gasteiger partial charge in [0.1, 0.15) is 11.9 Å². The summed E-state index contributed by atoms with van der Waals surface area (Å²) in [5, 5.41) is 11.3. The summed E-state index contributed by atoms with van der Waals surface area (Å²) >= 11 is 0. The molecular formula is C12H15FN2O3. The molecule has 1 rings (SSSR count). The third-order valence-electron chi connectivity index (χ3n) is 2.44. The van der Waals surface area contributed by atoms with E-state index in [0.29, 0.717) is 12.8 Å². The van der Waals surface area contributed by atoms with Crippen LogP contribution >= 0.6 is 0 Å². The van der Waals surface area contributed by atoms with Gasteiger partial charge in [0.05, 0.1) is 5.69 Å². The molecule has 0 radical (unpaired) electrons. The van der Waals surface area contributed by atoms with Crippen LogP contribution in [0.3, 0.4) is 0 Å². The van der Waals surface area contributed by atoms with E-state index in [1.807, 2.05) is 6.92 Å². The van der Waals surface area contributed by atoms with Crippen LogP contribution in [0.2, 0.25) is 0 Å². The van der Waals surface area contributed by atoms with Gasteiger partial charge in [-0.25, -0.2) is 9.18 Å². The maximum atomic E-state index is 12.9. The van der Waals surface area contributed by atoms with Crippen LogP contribution < -0.4 is 11.1 Å². The number of hydrogen-bond donors (Lipinski definition) is 3. The van der Waals surface area contributed by atoms with Crippen LogP contribution in [0.1, 0.15) is 30.1 Å². The van der Waals surface area contributed by atoms with E-state index in [4.69, 9.17) is 10.8 Å². The molecule has 1 aromatic rings. The third kappa shape index (κ3) is 3.44. The molecule has 0 heterocycles. The number of amides is 1. The molecule has 0 saturated carbocycles. The molecule has 0 aromatic heterocycles. The molecule has 0 aliphatic heterocycles. The number of carbonyl (C=O) groups excluding carboxylic acids is 1. The van der Waals surface area contributed by atoms with Gasteiger partial charge in [0.25, 0.3) is 5.91 Å². The second-order valence-corrected chi connectivity index (χ2v) is 3.89. The number of nitrogens with two attached hydrogens (primary N) is 1. The Morgan fingerprint density at radius 2 is 2.17 bits per heavy atom. The van der Waals surface area contributed by atoms with Crippen LogP contribution in [0.15, 0.2) is 18.2 Å². The number of rotatable bonds is 5. The average molecular weight is 254 g/mol. The van der Waals surface area contributed by atoms with Crippen molar-refractivity contribution in [2.24, 2.45) is 0 Å². The number of anilines is 1. The highest BCUT2D eigenvalue weighted by molar-refractivity contribution is 5.97. The van der Waals surface area contributed by atoms with Gasteiger partial charge in [0, 0.05) is 5.56 Å². The maximum absolute atomic E-state index is 12.9. The number of carbonyl (C=O) groups is 2. The average Bonchev–Trinajstić information content (AvgIpc) is 2.31. The summed E-state index contributed by atoms with van der Waals surface area (Å²) in [6, 6.07) is 2.55. The summed E-state index contributed by atoms with van der Waals surface area (Å²) in [6.07, 6.45) is 0.959. The minimum atomic E-state index is -1.10. The van der Waals surface area contributed by atoms with Crippen molar-refractivity contribution in [3.8, 4) is 0 Å². The fraction of sp³-hybridized carbons (Fsp3) is 0.333. The molecule has 0 bridgehead atoms. The standard InChI is InChI=1S/C12H15FN2O3/c1-2-3-10(12(17)18)15-11(16)7-4-5-8(13)9(14)6-7/h4-6,10H,2-3,14H2,1H3,(H,15,16)(H,17,18). The Balaban J connectivity index is 2.80. The van der Waals surface area contributed by atoms with Crippen LogP contribution in [-0.4, -0.2) is 23.0 Å². The number of halogens is 1. The molecule has 0 aliphatic rings. The quantitative estimate of drug-likeness (QED) is 0.692. The number of carboxylic acid groups (broad SMARTS) is 1. The van der Waals surface area contributed by atoms with Crippen molar-refractivity contribution in [1.82, 2.24) is 5.32 Å². The van der Waals surface area contributed by atoms with E-state index in [1.54, 1.807) is 0 Å². The summed E-state index contributed by atoms with van der Waals surface area (Å²) in [7, 11) is 0. The molecule has 6 heteroatoms. The summed E-state index contributed by atoms with van der Waals surface area (Å²) in [5.41, 5.74) is 5.32. The lowest BCUT2D eigenvalue weighted by atomic mass is 10.1. The molecule has 0 fully saturated rings. The van der Waals surface area contributed by atoms with Crippen molar-refractivity contribution in [2.45, 2.75) is 25.8 Å². The lowest BCUT2D eigenvalue weighted by molar-refractivity contribution is -0.139. The van der Waals surface area contributed by atoms with Crippen molar-refractivity contribution in [3.63, 3.8) is 0 Å². The molecule has 1 amide bonds. The Bertz CT molecular complexity index is 463. The Kier molecular flexibility index (Phi) is 4.65. The van der Waals surface area contributed by atoms with Gasteiger partial charge in [-0.1, -0.05) is 13.3 Å². The molecule has 1 unspecified atom stereocenters. The van der Waals surface area contributed by atoms with Gasteiger partial charge < -0.3 is 16.2 Å². The second kappa shape index (κ2) is 6.00. The first-order valence-electron chi connectivity index (χ1n) is 5.54. The van der Waals surface area contributed by atoms with Gasteiger partial charge in [-0.2, -0.15) is 0 Å². The normalized spacial score (nSPS) is 11.9. The van der Waals surface area contributed by atoms with E-state index in [9.17, 15) is 14.0 Å². The number of benzene rings is 1. The topological polar surface area (TPSA) is 92.4 Å². The predicted octanol–water partition coefficient (Wildman–Crippen LogP) is 1.39. The highest BCUT2D eigenvalue weighted by atomic mass is 19.1. The molecule has 0 spiro atoms. The number of carboxylic acids is 1. The molecule has 0 aliphatic carbocycles. The first kappa shape index (κ1) is 14.0. The van der Waals surface area contributed by atoms with Gasteiger partial charge >= 0.3 is 5.97 Å². The Morgan fingerprint density at radius 3 is 2.67 bits per heavy atom. The van der Waals surface area contributed by atoms with Gasteiger partial charge in [0.2, 0.25) is 0 Å². The largest absolute Gasteiger partial charge is 0.480 e. The van der Waals surface area contributed by atoms with Crippen molar-refractivity contribution in [1.29, 1.82) is 0 Å². The SMILES string of the molecule is CCCC(NC(=O)c1ccc(F)c(N)c1)C(=O)O. The van der Waals surface area contributed by atoms with Crippen LogP contribution in [-0.2, 0) is 4.79 Å². The van der Waals surface area contributed by atoms with E-state index in [0.717, 1.165) is 6.07 Å². The lowest BCUT2D eigenvalue weighted by Crippen LogP contribution is -2.40. The van der Waals surface area contributed by atoms with Crippen molar-refractivity contribution in [3.05, 3.63) is 29.6 Å². The summed E-state index contributed by atoms with van der Waals surface area (Å²) in [6.45, 7) is 1.82. The summed E-state index contributed by atoms with van der Waals surface area (Å²) in [4.78, 5) is 22.6. The number of nitrogens with one attached hydrogen (secondary N) is 1. The van der Waals surface area contributed by atoms with E-state index >= 15 is 0 Å². The van der Waals surface area contributed by atoms with E-state index in [-0.39, 0.29) is 11.3 Å². The van der Waals surface area contributed by atoms with Gasteiger partial charge in [-0.3, -0.25) is 4.79 Å². The maximum Gasteiger partial charge on any atom is 0.326 e. The Labute approximate surface area is 104 Å². The molecule has 1 atom stereocenters. The van der Waals surface area contributed by atoms with Gasteiger partial charge in [0.15, 0.2) is 0 Å². The summed E-state index contributed by atoms with van der Waals surface area (Å²) in [5.74, 6) is -2.29. The Morgan fingerprint density at radius 1 is 1.50 bits per heavy atom. The molecule has 98 valence electrons. The molecule has 1 aromatic carbocycles. The number of nitrogen functional groups attached to an aromatic ring is 1. The van der Waals surface area contributed by atoms with Crippen molar-refractivity contribution in [2.75, 3.05) is 5.73 Å². The smallest absolute Gasteiger partial charge is 0.326 e. The van der Waals surface area contributed by atoms with E-state index < -0.39 is 23.7 Å². The Hall–Kier alpha value is -2.11. The van der Waals surface area contributed by atoms with Crippen LogP contribution in [0.4, 0.5) is 10.1 Å².